The third-order valence-corrected chi connectivity index (χ3v) is 2.78. The zero-order valence-electron chi connectivity index (χ0n) is 10.1. The number of ketones is 1. The SMILES string of the molecule is N[C@@H](COCCNC(=O)[C@H]1CCCC1=O)C(=O)O. The molecule has 102 valence electrons. The van der Waals surface area contributed by atoms with Gasteiger partial charge in [0, 0.05) is 13.0 Å². The van der Waals surface area contributed by atoms with E-state index in [1.54, 1.807) is 0 Å². The molecular weight excluding hydrogens is 240 g/mol. The van der Waals surface area contributed by atoms with E-state index >= 15 is 0 Å². The van der Waals surface area contributed by atoms with Crippen LogP contribution in [-0.2, 0) is 19.1 Å². The van der Waals surface area contributed by atoms with Crippen LogP contribution in [0.3, 0.4) is 0 Å². The van der Waals surface area contributed by atoms with Crippen LogP contribution in [0, 0.1) is 5.92 Å². The lowest BCUT2D eigenvalue weighted by molar-refractivity contribution is -0.140. The lowest BCUT2D eigenvalue weighted by Gasteiger charge is -2.10. The number of carbonyl (C=O) groups excluding carboxylic acids is 2. The number of hydrogen-bond donors (Lipinski definition) is 3. The largest absolute Gasteiger partial charge is 0.480 e. The first-order chi connectivity index (χ1) is 8.52. The number of amides is 1. The van der Waals surface area contributed by atoms with Crippen molar-refractivity contribution in [1.82, 2.24) is 5.32 Å². The van der Waals surface area contributed by atoms with Gasteiger partial charge in [-0.25, -0.2) is 0 Å². The number of carbonyl (C=O) groups is 3. The molecule has 1 rings (SSSR count). The van der Waals surface area contributed by atoms with Gasteiger partial charge in [0.05, 0.1) is 19.1 Å². The highest BCUT2D eigenvalue weighted by molar-refractivity contribution is 6.02. The van der Waals surface area contributed by atoms with E-state index in [0.717, 1.165) is 6.42 Å². The third-order valence-electron chi connectivity index (χ3n) is 2.78. The lowest BCUT2D eigenvalue weighted by atomic mass is 10.1. The Kier molecular flexibility index (Phi) is 5.73. The Hall–Kier alpha value is -1.47. The van der Waals surface area contributed by atoms with Crippen LogP contribution >= 0.6 is 0 Å². The maximum atomic E-state index is 11.6. The fraction of sp³-hybridized carbons (Fsp3) is 0.727. The minimum absolute atomic E-state index is 0.0127. The van der Waals surface area contributed by atoms with Crippen LogP contribution in [-0.4, -0.2) is 48.6 Å². The summed E-state index contributed by atoms with van der Waals surface area (Å²) in [5.41, 5.74) is 5.22. The Balaban J connectivity index is 2.09. The van der Waals surface area contributed by atoms with Gasteiger partial charge in [-0.1, -0.05) is 0 Å². The molecule has 18 heavy (non-hydrogen) atoms. The first kappa shape index (κ1) is 14.6. The number of rotatable bonds is 7. The van der Waals surface area contributed by atoms with Crippen molar-refractivity contribution in [2.24, 2.45) is 11.7 Å². The molecule has 0 unspecified atom stereocenters. The van der Waals surface area contributed by atoms with Crippen LogP contribution in [0.25, 0.3) is 0 Å². The summed E-state index contributed by atoms with van der Waals surface area (Å²) in [5.74, 6) is -1.94. The van der Waals surface area contributed by atoms with Gasteiger partial charge in [0.2, 0.25) is 5.91 Å². The quantitative estimate of drug-likeness (QED) is 0.394. The van der Waals surface area contributed by atoms with Crippen LogP contribution in [0.2, 0.25) is 0 Å². The highest BCUT2D eigenvalue weighted by atomic mass is 16.5. The number of hydrogen-bond acceptors (Lipinski definition) is 5. The Labute approximate surface area is 105 Å². The van der Waals surface area contributed by atoms with Crippen molar-refractivity contribution in [2.45, 2.75) is 25.3 Å². The monoisotopic (exact) mass is 258 g/mol. The van der Waals surface area contributed by atoms with Crippen molar-refractivity contribution in [2.75, 3.05) is 19.8 Å². The predicted octanol–water partition coefficient (Wildman–Crippen LogP) is -1.10. The fourth-order valence-electron chi connectivity index (χ4n) is 1.74. The van der Waals surface area contributed by atoms with Gasteiger partial charge < -0.3 is 20.9 Å². The molecule has 0 aliphatic heterocycles. The summed E-state index contributed by atoms with van der Waals surface area (Å²) in [6.07, 6.45) is 1.85. The number of nitrogens with two attached hydrogens (primary N) is 1. The average Bonchev–Trinajstić information content (AvgIpc) is 2.74. The standard InChI is InChI=1S/C11H18N2O5/c12-8(11(16)17)6-18-5-4-13-10(15)7-2-1-3-9(7)14/h7-8H,1-6,12H2,(H,13,15)(H,16,17)/t7-,8-/m0/s1. The molecule has 0 aromatic carbocycles. The van der Waals surface area contributed by atoms with Crippen molar-refractivity contribution in [3.05, 3.63) is 0 Å². The van der Waals surface area contributed by atoms with E-state index in [0.29, 0.717) is 12.8 Å². The van der Waals surface area contributed by atoms with E-state index in [9.17, 15) is 14.4 Å². The molecule has 0 spiro atoms. The summed E-state index contributed by atoms with van der Waals surface area (Å²) in [6.45, 7) is 0.316. The summed E-state index contributed by atoms with van der Waals surface area (Å²) in [6, 6.07) is -1.06. The van der Waals surface area contributed by atoms with Gasteiger partial charge in [-0.15, -0.1) is 0 Å². The van der Waals surface area contributed by atoms with Gasteiger partial charge in [-0.2, -0.15) is 0 Å². The van der Waals surface area contributed by atoms with Crippen molar-refractivity contribution in [3.63, 3.8) is 0 Å². The van der Waals surface area contributed by atoms with Crippen LogP contribution in [0.1, 0.15) is 19.3 Å². The Morgan fingerprint density at radius 3 is 2.83 bits per heavy atom. The van der Waals surface area contributed by atoms with Crippen LogP contribution in [0.4, 0.5) is 0 Å². The highest BCUT2D eigenvalue weighted by Crippen LogP contribution is 2.20. The minimum Gasteiger partial charge on any atom is -0.480 e. The number of nitrogens with one attached hydrogen (secondary N) is 1. The summed E-state index contributed by atoms with van der Waals surface area (Å²) in [4.78, 5) is 33.2. The maximum absolute atomic E-state index is 11.6. The number of carboxylic acid groups (broad SMARTS) is 1. The van der Waals surface area contributed by atoms with Gasteiger partial charge in [-0.3, -0.25) is 14.4 Å². The van der Waals surface area contributed by atoms with E-state index in [4.69, 9.17) is 15.6 Å². The molecule has 7 nitrogen and oxygen atoms in total. The zero-order chi connectivity index (χ0) is 13.5. The first-order valence-electron chi connectivity index (χ1n) is 5.89. The topological polar surface area (TPSA) is 119 Å². The van der Waals surface area contributed by atoms with Gasteiger partial charge in [0.25, 0.3) is 0 Å². The van der Waals surface area contributed by atoms with E-state index in [1.807, 2.05) is 0 Å². The summed E-state index contributed by atoms with van der Waals surface area (Å²) < 4.78 is 4.99. The molecule has 0 aromatic rings. The first-order valence-corrected chi connectivity index (χ1v) is 5.89. The van der Waals surface area contributed by atoms with E-state index < -0.39 is 17.9 Å². The van der Waals surface area contributed by atoms with Crippen molar-refractivity contribution < 1.29 is 24.2 Å². The number of ether oxygens (including phenoxy) is 1. The number of carboxylic acids is 1. The minimum atomic E-state index is -1.13. The number of aliphatic carboxylic acids is 1. The third kappa shape index (κ3) is 4.42. The molecule has 0 saturated heterocycles. The Bertz CT molecular complexity index is 331. The molecule has 7 heteroatoms. The second kappa shape index (κ2) is 7.07. The molecule has 1 aliphatic carbocycles. The molecule has 1 fully saturated rings. The van der Waals surface area contributed by atoms with E-state index in [1.165, 1.54) is 0 Å². The van der Waals surface area contributed by atoms with Gasteiger partial charge in [0.15, 0.2) is 0 Å². The smallest absolute Gasteiger partial charge is 0.322 e. The Morgan fingerprint density at radius 1 is 1.56 bits per heavy atom. The molecule has 2 atom stereocenters. The van der Waals surface area contributed by atoms with Crippen molar-refractivity contribution in [1.29, 1.82) is 0 Å². The summed E-state index contributed by atoms with van der Waals surface area (Å²) in [5, 5.41) is 11.1. The fourth-order valence-corrected chi connectivity index (χ4v) is 1.74. The van der Waals surface area contributed by atoms with Crippen LogP contribution in [0.5, 0.6) is 0 Å². The molecule has 0 heterocycles. The Morgan fingerprint density at radius 2 is 2.28 bits per heavy atom. The van der Waals surface area contributed by atoms with Crippen molar-refractivity contribution in [3.8, 4) is 0 Å². The molecule has 4 N–H and O–H groups in total. The van der Waals surface area contributed by atoms with Gasteiger partial charge in [-0.05, 0) is 12.8 Å². The second-order valence-electron chi connectivity index (χ2n) is 4.22. The van der Waals surface area contributed by atoms with Crippen molar-refractivity contribution >= 4 is 17.7 Å². The maximum Gasteiger partial charge on any atom is 0.322 e. The summed E-state index contributed by atoms with van der Waals surface area (Å²) in [7, 11) is 0. The molecule has 1 aliphatic rings. The van der Waals surface area contributed by atoms with Crippen LogP contribution in [0.15, 0.2) is 0 Å². The molecule has 1 saturated carbocycles. The number of Topliss-reactive ketones (excluding diaryl/α,β-unsaturated/α-hetero) is 1. The zero-order valence-corrected chi connectivity index (χ0v) is 10.1. The molecule has 0 bridgehead atoms. The molecule has 0 aromatic heterocycles. The average molecular weight is 258 g/mol. The second-order valence-corrected chi connectivity index (χ2v) is 4.22. The normalized spacial score (nSPS) is 20.7. The molecular formula is C11H18N2O5. The predicted molar refractivity (Wildman–Crippen MR) is 61.8 cm³/mol. The van der Waals surface area contributed by atoms with E-state index in [-0.39, 0.29) is 31.4 Å². The molecule has 0 radical (unpaired) electrons. The summed E-state index contributed by atoms with van der Waals surface area (Å²) >= 11 is 0. The van der Waals surface area contributed by atoms with Crippen LogP contribution < -0.4 is 11.1 Å². The van der Waals surface area contributed by atoms with E-state index in [2.05, 4.69) is 5.32 Å². The highest BCUT2D eigenvalue weighted by Gasteiger charge is 2.30. The van der Waals surface area contributed by atoms with Gasteiger partial charge in [0.1, 0.15) is 11.8 Å². The lowest BCUT2D eigenvalue weighted by Crippen LogP contribution is -2.37. The van der Waals surface area contributed by atoms with Gasteiger partial charge >= 0.3 is 5.97 Å². The molecule has 1 amide bonds.